The van der Waals surface area contributed by atoms with Crippen LogP contribution in [-0.4, -0.2) is 37.6 Å². The van der Waals surface area contributed by atoms with E-state index in [2.05, 4.69) is 34.7 Å². The van der Waals surface area contributed by atoms with E-state index in [4.69, 9.17) is 4.74 Å². The van der Waals surface area contributed by atoms with Gasteiger partial charge in [0.2, 0.25) is 5.91 Å². The van der Waals surface area contributed by atoms with Crippen molar-refractivity contribution in [3.05, 3.63) is 51.7 Å². The van der Waals surface area contributed by atoms with Crippen LogP contribution in [0.25, 0.3) is 0 Å². The second-order valence-electron chi connectivity index (χ2n) is 7.53. The summed E-state index contributed by atoms with van der Waals surface area (Å²) in [6, 6.07) is 10.5. The molecule has 1 aromatic heterocycles. The molecule has 1 aromatic carbocycles. The average molecular weight is 387 g/mol. The molecule has 27 heavy (non-hydrogen) atoms. The maximum atomic E-state index is 12.5. The SMILES string of the molecule is COc1cc(CC(=O)NCC(c2cccs2)N2CCC(C)CC2)ccc1C. The highest BCUT2D eigenvalue weighted by Gasteiger charge is 2.25. The number of rotatable bonds is 7. The summed E-state index contributed by atoms with van der Waals surface area (Å²) in [6.07, 6.45) is 2.85. The molecular weight excluding hydrogens is 356 g/mol. The minimum Gasteiger partial charge on any atom is -0.496 e. The Hall–Kier alpha value is -1.85. The van der Waals surface area contributed by atoms with Crippen LogP contribution < -0.4 is 10.1 Å². The van der Waals surface area contributed by atoms with Gasteiger partial charge in [-0.15, -0.1) is 11.3 Å². The molecule has 1 unspecified atom stereocenters. The molecule has 1 aliphatic rings. The highest BCUT2D eigenvalue weighted by atomic mass is 32.1. The third kappa shape index (κ3) is 5.33. The topological polar surface area (TPSA) is 41.6 Å². The van der Waals surface area contributed by atoms with Crippen LogP contribution in [0.15, 0.2) is 35.7 Å². The number of aryl methyl sites for hydroxylation is 1. The van der Waals surface area contributed by atoms with Crippen LogP contribution in [0, 0.1) is 12.8 Å². The number of nitrogens with zero attached hydrogens (tertiary/aromatic N) is 1. The molecule has 3 rings (SSSR count). The van der Waals surface area contributed by atoms with Gasteiger partial charge in [-0.1, -0.05) is 25.1 Å². The number of ether oxygens (including phenoxy) is 1. The van der Waals surface area contributed by atoms with E-state index in [0.29, 0.717) is 13.0 Å². The van der Waals surface area contributed by atoms with Crippen LogP contribution in [0.2, 0.25) is 0 Å². The highest BCUT2D eigenvalue weighted by Crippen LogP contribution is 2.29. The van der Waals surface area contributed by atoms with Crippen molar-refractivity contribution in [2.75, 3.05) is 26.7 Å². The monoisotopic (exact) mass is 386 g/mol. The summed E-state index contributed by atoms with van der Waals surface area (Å²) in [4.78, 5) is 16.4. The van der Waals surface area contributed by atoms with Crippen molar-refractivity contribution in [2.45, 2.75) is 39.2 Å². The smallest absolute Gasteiger partial charge is 0.224 e. The molecule has 0 radical (unpaired) electrons. The Kier molecular flexibility index (Phi) is 6.91. The maximum absolute atomic E-state index is 12.5. The van der Waals surface area contributed by atoms with Gasteiger partial charge < -0.3 is 10.1 Å². The molecular formula is C22H30N2O2S. The van der Waals surface area contributed by atoms with E-state index in [1.165, 1.54) is 17.7 Å². The summed E-state index contributed by atoms with van der Waals surface area (Å²) in [6.45, 7) is 7.21. The van der Waals surface area contributed by atoms with E-state index >= 15 is 0 Å². The number of thiophene rings is 1. The number of hydrogen-bond acceptors (Lipinski definition) is 4. The molecule has 2 aromatic rings. The minimum absolute atomic E-state index is 0.0628. The molecule has 0 saturated carbocycles. The highest BCUT2D eigenvalue weighted by molar-refractivity contribution is 7.10. The van der Waals surface area contributed by atoms with Gasteiger partial charge in [0.25, 0.3) is 0 Å². The fourth-order valence-electron chi connectivity index (χ4n) is 3.66. The molecule has 146 valence electrons. The minimum atomic E-state index is 0.0628. The quantitative estimate of drug-likeness (QED) is 0.775. The predicted octanol–water partition coefficient (Wildman–Crippen LogP) is 4.20. The lowest BCUT2D eigenvalue weighted by Gasteiger charge is -2.36. The molecule has 0 aliphatic carbocycles. The molecule has 0 bridgehead atoms. The molecule has 2 heterocycles. The van der Waals surface area contributed by atoms with Gasteiger partial charge in [0.05, 0.1) is 19.6 Å². The Balaban J connectivity index is 1.60. The van der Waals surface area contributed by atoms with Crippen molar-refractivity contribution in [3.8, 4) is 5.75 Å². The molecule has 0 spiro atoms. The van der Waals surface area contributed by atoms with E-state index < -0.39 is 0 Å². The summed E-state index contributed by atoms with van der Waals surface area (Å²) >= 11 is 1.78. The molecule has 1 fully saturated rings. The summed E-state index contributed by atoms with van der Waals surface area (Å²) in [5.74, 6) is 1.70. The van der Waals surface area contributed by atoms with Gasteiger partial charge in [0.15, 0.2) is 0 Å². The van der Waals surface area contributed by atoms with Crippen LogP contribution in [0.1, 0.15) is 41.8 Å². The van der Waals surface area contributed by atoms with Gasteiger partial charge in [0.1, 0.15) is 5.75 Å². The van der Waals surface area contributed by atoms with E-state index in [1.54, 1.807) is 18.4 Å². The number of likely N-dealkylation sites (tertiary alicyclic amines) is 1. The second kappa shape index (κ2) is 9.38. The fourth-order valence-corrected chi connectivity index (χ4v) is 4.52. The molecule has 1 atom stereocenters. The van der Waals surface area contributed by atoms with Crippen LogP contribution in [0.5, 0.6) is 5.75 Å². The third-order valence-electron chi connectivity index (χ3n) is 5.46. The summed E-state index contributed by atoms with van der Waals surface area (Å²) < 4.78 is 5.37. The van der Waals surface area contributed by atoms with E-state index in [-0.39, 0.29) is 11.9 Å². The van der Waals surface area contributed by atoms with E-state index in [1.807, 2.05) is 25.1 Å². The first-order valence-corrected chi connectivity index (χ1v) is 10.6. The molecule has 1 saturated heterocycles. The van der Waals surface area contributed by atoms with Gasteiger partial charge in [-0.05, 0) is 67.4 Å². The van der Waals surface area contributed by atoms with Crippen molar-refractivity contribution in [2.24, 2.45) is 5.92 Å². The lowest BCUT2D eigenvalue weighted by atomic mass is 9.97. The maximum Gasteiger partial charge on any atom is 0.224 e. The average Bonchev–Trinajstić information content (AvgIpc) is 3.19. The Labute approximate surface area is 166 Å². The van der Waals surface area contributed by atoms with Gasteiger partial charge >= 0.3 is 0 Å². The summed E-state index contributed by atoms with van der Waals surface area (Å²) in [7, 11) is 1.66. The van der Waals surface area contributed by atoms with Crippen molar-refractivity contribution >= 4 is 17.2 Å². The summed E-state index contributed by atoms with van der Waals surface area (Å²) in [5, 5.41) is 5.29. The lowest BCUT2D eigenvalue weighted by molar-refractivity contribution is -0.120. The Bertz CT molecular complexity index is 737. The van der Waals surface area contributed by atoms with Crippen molar-refractivity contribution in [1.82, 2.24) is 10.2 Å². The van der Waals surface area contributed by atoms with Gasteiger partial charge in [-0.25, -0.2) is 0 Å². The zero-order valence-corrected chi connectivity index (χ0v) is 17.3. The van der Waals surface area contributed by atoms with Gasteiger partial charge in [0, 0.05) is 11.4 Å². The van der Waals surface area contributed by atoms with Gasteiger partial charge in [-0.3, -0.25) is 9.69 Å². The number of nitrogens with one attached hydrogen (secondary N) is 1. The molecule has 1 N–H and O–H groups in total. The molecule has 1 amide bonds. The molecule has 1 aliphatic heterocycles. The standard InChI is InChI=1S/C22H30N2O2S/c1-16-8-10-24(11-9-16)19(21-5-4-12-27-21)15-23-22(25)14-18-7-6-17(2)20(13-18)26-3/h4-7,12-13,16,19H,8-11,14-15H2,1-3H3,(H,23,25). The third-order valence-corrected chi connectivity index (χ3v) is 6.43. The second-order valence-corrected chi connectivity index (χ2v) is 8.51. The Morgan fingerprint density at radius 2 is 2.11 bits per heavy atom. The Morgan fingerprint density at radius 1 is 1.33 bits per heavy atom. The van der Waals surface area contributed by atoms with E-state index in [9.17, 15) is 4.79 Å². The number of carbonyl (C=O) groups is 1. The predicted molar refractivity (Wildman–Crippen MR) is 111 cm³/mol. The first kappa shape index (κ1) is 19.9. The molecule has 4 nitrogen and oxygen atoms in total. The zero-order chi connectivity index (χ0) is 19.2. The van der Waals surface area contributed by atoms with Crippen molar-refractivity contribution in [3.63, 3.8) is 0 Å². The van der Waals surface area contributed by atoms with E-state index in [0.717, 1.165) is 35.9 Å². The normalized spacial score (nSPS) is 16.9. The lowest BCUT2D eigenvalue weighted by Crippen LogP contribution is -2.41. The van der Waals surface area contributed by atoms with Crippen molar-refractivity contribution in [1.29, 1.82) is 0 Å². The largest absolute Gasteiger partial charge is 0.496 e. The summed E-state index contributed by atoms with van der Waals surface area (Å²) in [5.41, 5.74) is 2.06. The first-order valence-electron chi connectivity index (χ1n) is 9.74. The van der Waals surface area contributed by atoms with Crippen LogP contribution in [0.3, 0.4) is 0 Å². The van der Waals surface area contributed by atoms with Crippen LogP contribution in [-0.2, 0) is 11.2 Å². The van der Waals surface area contributed by atoms with Crippen LogP contribution >= 0.6 is 11.3 Å². The van der Waals surface area contributed by atoms with Gasteiger partial charge in [-0.2, -0.15) is 0 Å². The number of benzene rings is 1. The molecule has 5 heteroatoms. The fraction of sp³-hybridized carbons (Fsp3) is 0.500. The van der Waals surface area contributed by atoms with Crippen LogP contribution in [0.4, 0.5) is 0 Å². The number of carbonyl (C=O) groups excluding carboxylic acids is 1. The number of methoxy groups -OCH3 is 1. The number of piperidine rings is 1. The Morgan fingerprint density at radius 3 is 2.78 bits per heavy atom. The first-order chi connectivity index (χ1) is 13.1. The zero-order valence-electron chi connectivity index (χ0n) is 16.5. The van der Waals surface area contributed by atoms with Crippen molar-refractivity contribution < 1.29 is 9.53 Å². The number of amides is 1. The number of hydrogen-bond donors (Lipinski definition) is 1.